The summed E-state index contributed by atoms with van der Waals surface area (Å²) in [5.41, 5.74) is 1.46. The van der Waals surface area contributed by atoms with Gasteiger partial charge < -0.3 is 23.5 Å². The molecule has 1 unspecified atom stereocenters. The van der Waals surface area contributed by atoms with Crippen molar-refractivity contribution in [2.75, 3.05) is 27.4 Å². The predicted molar refractivity (Wildman–Crippen MR) is 120 cm³/mol. The fourth-order valence-corrected chi connectivity index (χ4v) is 4.29. The van der Waals surface area contributed by atoms with Gasteiger partial charge in [-0.3, -0.25) is 4.79 Å². The Bertz CT molecular complexity index is 1220. The fourth-order valence-electron chi connectivity index (χ4n) is 3.49. The van der Waals surface area contributed by atoms with Gasteiger partial charge in [-0.05, 0) is 24.5 Å². The van der Waals surface area contributed by atoms with Crippen LogP contribution in [0.25, 0.3) is 11.3 Å². The van der Waals surface area contributed by atoms with Crippen LogP contribution in [-0.2, 0) is 9.47 Å². The number of pyridine rings is 1. The summed E-state index contributed by atoms with van der Waals surface area (Å²) in [5, 5.41) is 0.382. The molecule has 3 aromatic rings. The number of aromatic nitrogens is 2. The molecule has 168 valence electrons. The van der Waals surface area contributed by atoms with Gasteiger partial charge in [-0.15, -0.1) is 0 Å². The number of esters is 1. The standard InChI is InChI=1S/C22H21ClN2O6S/c1-12-14(10-24-32-12)21-25-11-15(22(27)29-3)18(26)8-17(25)13-7-16(23)20(9-19(13)31-21)30-6-4-5-28-2/h7-11,21H,4-6H2,1-3H3. The van der Waals surface area contributed by atoms with Crippen molar-refractivity contribution < 1.29 is 23.7 Å². The number of carbonyl (C=O) groups excluding carboxylic acids is 1. The minimum atomic E-state index is -0.715. The first kappa shape index (κ1) is 22.3. The molecule has 1 aliphatic rings. The maximum absolute atomic E-state index is 12.7. The van der Waals surface area contributed by atoms with Crippen LogP contribution in [0.5, 0.6) is 11.5 Å². The molecule has 0 amide bonds. The van der Waals surface area contributed by atoms with E-state index >= 15 is 0 Å². The smallest absolute Gasteiger partial charge is 0.343 e. The maximum atomic E-state index is 12.7. The van der Waals surface area contributed by atoms with Crippen LogP contribution in [-0.4, -0.2) is 42.3 Å². The first-order valence-electron chi connectivity index (χ1n) is 9.82. The zero-order valence-electron chi connectivity index (χ0n) is 17.7. The Labute approximate surface area is 193 Å². The summed E-state index contributed by atoms with van der Waals surface area (Å²) < 4.78 is 27.9. The molecule has 3 heterocycles. The van der Waals surface area contributed by atoms with Gasteiger partial charge in [0, 0.05) is 60.7 Å². The van der Waals surface area contributed by atoms with Gasteiger partial charge in [0.1, 0.15) is 17.1 Å². The topological polar surface area (TPSA) is 88.9 Å². The number of hydrogen-bond acceptors (Lipinski definition) is 8. The lowest BCUT2D eigenvalue weighted by molar-refractivity contribution is 0.0597. The number of methoxy groups -OCH3 is 2. The van der Waals surface area contributed by atoms with Crippen LogP contribution in [0, 0.1) is 6.92 Å². The number of rotatable bonds is 7. The molecule has 2 aromatic heterocycles. The second-order valence-electron chi connectivity index (χ2n) is 7.12. The van der Waals surface area contributed by atoms with Crippen LogP contribution in [0.3, 0.4) is 0 Å². The van der Waals surface area contributed by atoms with Crippen LogP contribution in [0.1, 0.15) is 33.4 Å². The number of nitrogens with zero attached hydrogens (tertiary/aromatic N) is 2. The van der Waals surface area contributed by atoms with Crippen LogP contribution >= 0.6 is 23.1 Å². The molecule has 10 heteroatoms. The zero-order chi connectivity index (χ0) is 22.8. The number of benzene rings is 1. The number of hydrogen-bond donors (Lipinski definition) is 0. The van der Waals surface area contributed by atoms with E-state index < -0.39 is 17.6 Å². The van der Waals surface area contributed by atoms with Crippen molar-refractivity contribution in [3.05, 3.63) is 61.8 Å². The average molecular weight is 477 g/mol. The molecule has 0 spiro atoms. The summed E-state index contributed by atoms with van der Waals surface area (Å²) in [6, 6.07) is 4.81. The van der Waals surface area contributed by atoms with Gasteiger partial charge in [-0.25, -0.2) is 9.17 Å². The van der Waals surface area contributed by atoms with Gasteiger partial charge in [0.15, 0.2) is 5.43 Å². The van der Waals surface area contributed by atoms with Gasteiger partial charge in [0.05, 0.1) is 24.4 Å². The van der Waals surface area contributed by atoms with Crippen LogP contribution < -0.4 is 14.9 Å². The zero-order valence-corrected chi connectivity index (χ0v) is 19.3. The summed E-state index contributed by atoms with van der Waals surface area (Å²) in [6.45, 7) is 2.94. The molecule has 32 heavy (non-hydrogen) atoms. The van der Waals surface area contributed by atoms with E-state index in [0.717, 1.165) is 10.4 Å². The molecule has 0 aliphatic carbocycles. The van der Waals surface area contributed by atoms with Gasteiger partial charge in [-0.1, -0.05) is 11.6 Å². The predicted octanol–water partition coefficient (Wildman–Crippen LogP) is 4.07. The molecule has 4 rings (SSSR count). The second kappa shape index (κ2) is 9.32. The number of halogens is 1. The van der Waals surface area contributed by atoms with E-state index in [1.54, 1.807) is 30.0 Å². The molecule has 8 nitrogen and oxygen atoms in total. The lowest BCUT2D eigenvalue weighted by Crippen LogP contribution is -2.28. The van der Waals surface area contributed by atoms with Gasteiger partial charge in [0.2, 0.25) is 6.23 Å². The summed E-state index contributed by atoms with van der Waals surface area (Å²) in [6.07, 6.45) is 3.25. The van der Waals surface area contributed by atoms with Crippen molar-refractivity contribution in [2.24, 2.45) is 0 Å². The molecule has 1 aliphatic heterocycles. The van der Waals surface area contributed by atoms with Gasteiger partial charge >= 0.3 is 5.97 Å². The highest BCUT2D eigenvalue weighted by Gasteiger charge is 2.31. The second-order valence-corrected chi connectivity index (χ2v) is 8.53. The monoisotopic (exact) mass is 476 g/mol. The Hall–Kier alpha value is -2.88. The van der Waals surface area contributed by atoms with E-state index in [-0.39, 0.29) is 5.56 Å². The molecular weight excluding hydrogens is 456 g/mol. The molecule has 0 saturated carbocycles. The summed E-state index contributed by atoms with van der Waals surface area (Å²) >= 11 is 7.80. The van der Waals surface area contributed by atoms with Crippen molar-refractivity contribution >= 4 is 29.1 Å². The Morgan fingerprint density at radius 3 is 2.78 bits per heavy atom. The largest absolute Gasteiger partial charge is 0.492 e. The summed E-state index contributed by atoms with van der Waals surface area (Å²) in [7, 11) is 2.86. The quantitative estimate of drug-likeness (QED) is 0.375. The molecule has 1 aromatic carbocycles. The van der Waals surface area contributed by atoms with E-state index in [9.17, 15) is 9.59 Å². The van der Waals surface area contributed by atoms with Crippen molar-refractivity contribution in [2.45, 2.75) is 19.6 Å². The molecule has 0 fully saturated rings. The Balaban J connectivity index is 1.84. The minimum absolute atomic E-state index is 0.0849. The maximum Gasteiger partial charge on any atom is 0.343 e. The van der Waals surface area contributed by atoms with E-state index in [4.69, 9.17) is 30.5 Å². The summed E-state index contributed by atoms with van der Waals surface area (Å²) in [5.74, 6) is 0.271. The van der Waals surface area contributed by atoms with Crippen LogP contribution in [0.2, 0.25) is 5.02 Å². The van der Waals surface area contributed by atoms with Gasteiger partial charge in [-0.2, -0.15) is 0 Å². The Morgan fingerprint density at radius 1 is 1.28 bits per heavy atom. The number of ether oxygens (including phenoxy) is 4. The minimum Gasteiger partial charge on any atom is -0.492 e. The van der Waals surface area contributed by atoms with E-state index in [1.807, 2.05) is 6.92 Å². The van der Waals surface area contributed by atoms with Crippen LogP contribution in [0.15, 0.2) is 35.4 Å². The lowest BCUT2D eigenvalue weighted by atomic mass is 10.0. The number of carbonyl (C=O) groups is 1. The Morgan fingerprint density at radius 2 is 2.09 bits per heavy atom. The molecule has 0 radical (unpaired) electrons. The van der Waals surface area contributed by atoms with Crippen molar-refractivity contribution in [3.63, 3.8) is 0 Å². The van der Waals surface area contributed by atoms with Crippen molar-refractivity contribution in [3.8, 4) is 22.8 Å². The Kier molecular flexibility index (Phi) is 6.50. The SMILES string of the molecule is COCCCOc1cc2c(cc1Cl)-c1cc(=O)c(C(=O)OC)cn1C(c1cnsc1C)O2. The first-order chi connectivity index (χ1) is 15.4. The summed E-state index contributed by atoms with van der Waals surface area (Å²) in [4.78, 5) is 25.8. The van der Waals surface area contributed by atoms with Crippen LogP contribution in [0.4, 0.5) is 0 Å². The van der Waals surface area contributed by atoms with Gasteiger partial charge in [0.25, 0.3) is 0 Å². The highest BCUT2D eigenvalue weighted by Crippen LogP contribution is 2.45. The fraction of sp³-hybridized carbons (Fsp3) is 0.318. The number of aryl methyl sites for hydroxylation is 1. The third-order valence-corrected chi connectivity index (χ3v) is 6.11. The highest BCUT2D eigenvalue weighted by molar-refractivity contribution is 7.05. The first-order valence-corrected chi connectivity index (χ1v) is 11.0. The third kappa shape index (κ3) is 4.11. The number of fused-ring (bicyclic) bond motifs is 3. The molecule has 1 atom stereocenters. The molecule has 0 bridgehead atoms. The third-order valence-electron chi connectivity index (χ3n) is 5.09. The highest BCUT2D eigenvalue weighted by atomic mass is 35.5. The van der Waals surface area contributed by atoms with E-state index in [1.165, 1.54) is 30.9 Å². The lowest BCUT2D eigenvalue weighted by Gasteiger charge is -2.31. The molecular formula is C22H21ClN2O6S. The van der Waals surface area contributed by atoms with Crippen molar-refractivity contribution in [1.29, 1.82) is 0 Å². The van der Waals surface area contributed by atoms with E-state index in [0.29, 0.717) is 47.4 Å². The molecule has 0 N–H and O–H groups in total. The van der Waals surface area contributed by atoms with Crippen molar-refractivity contribution in [1.82, 2.24) is 8.94 Å². The van der Waals surface area contributed by atoms with E-state index in [2.05, 4.69) is 4.37 Å². The average Bonchev–Trinajstić information content (AvgIpc) is 3.21. The normalized spacial score (nSPS) is 14.3. The molecule has 0 saturated heterocycles.